The molecule has 27 heavy (non-hydrogen) atoms. The Balaban J connectivity index is 1.63. The minimum atomic E-state index is -0.763. The third-order valence-electron chi connectivity index (χ3n) is 3.69. The summed E-state index contributed by atoms with van der Waals surface area (Å²) in [6, 6.07) is 10.5. The van der Waals surface area contributed by atoms with E-state index in [1.54, 1.807) is 13.8 Å². The lowest BCUT2D eigenvalue weighted by Gasteiger charge is -2.08. The van der Waals surface area contributed by atoms with Gasteiger partial charge < -0.3 is 28.9 Å². The normalized spacial score (nSPS) is 11.8. The molecule has 0 radical (unpaired) electrons. The van der Waals surface area contributed by atoms with Crippen molar-refractivity contribution in [1.29, 1.82) is 0 Å². The van der Waals surface area contributed by atoms with Crippen LogP contribution >= 0.6 is 0 Å². The van der Waals surface area contributed by atoms with Crippen molar-refractivity contribution in [2.75, 3.05) is 6.61 Å². The van der Waals surface area contributed by atoms with Gasteiger partial charge in [0.15, 0.2) is 0 Å². The van der Waals surface area contributed by atoms with Gasteiger partial charge >= 0.3 is 12.0 Å². The Labute approximate surface area is 154 Å². The lowest BCUT2D eigenvalue weighted by atomic mass is 10.1. The van der Waals surface area contributed by atoms with E-state index in [1.807, 2.05) is 30.3 Å². The highest BCUT2D eigenvalue weighted by Crippen LogP contribution is 2.27. The molecule has 3 aromatic rings. The van der Waals surface area contributed by atoms with Crippen LogP contribution < -0.4 is 14.8 Å². The van der Waals surface area contributed by atoms with E-state index in [-0.39, 0.29) is 25.0 Å². The Hall–Kier alpha value is -3.33. The number of aryl methyl sites for hydroxylation is 1. The van der Waals surface area contributed by atoms with Gasteiger partial charge in [-0.2, -0.15) is 0 Å². The van der Waals surface area contributed by atoms with E-state index in [0.717, 1.165) is 11.1 Å². The van der Waals surface area contributed by atoms with E-state index < -0.39 is 12.1 Å². The second-order valence-corrected chi connectivity index (χ2v) is 5.82. The molecule has 2 aromatic heterocycles. The van der Waals surface area contributed by atoms with Crippen molar-refractivity contribution in [2.45, 2.75) is 26.5 Å². The topological polar surface area (TPSA) is 120 Å². The summed E-state index contributed by atoms with van der Waals surface area (Å²) >= 11 is 0. The summed E-state index contributed by atoms with van der Waals surface area (Å²) in [4.78, 5) is 11.6. The fourth-order valence-electron chi connectivity index (χ4n) is 2.26. The fraction of sp³-hybridized carbons (Fsp3) is 0.278. The molecule has 0 spiro atoms. The van der Waals surface area contributed by atoms with E-state index >= 15 is 0 Å². The third kappa shape index (κ3) is 4.64. The van der Waals surface area contributed by atoms with Crippen LogP contribution in [0.5, 0.6) is 11.8 Å². The predicted octanol–water partition coefficient (Wildman–Crippen LogP) is 2.69. The average molecular weight is 373 g/mol. The van der Waals surface area contributed by atoms with Crippen molar-refractivity contribution in [3.05, 3.63) is 47.7 Å². The van der Waals surface area contributed by atoms with Gasteiger partial charge in [0.05, 0.1) is 24.3 Å². The summed E-state index contributed by atoms with van der Waals surface area (Å²) in [5.41, 5.74) is 2.37. The molecule has 9 nitrogen and oxygen atoms in total. The molecular weight excluding hydrogens is 354 g/mol. The maximum absolute atomic E-state index is 11.6. The SMILES string of the molecule is Cc1onc(-c2ccccc2)c1COc1cc(OC(=O)NC(C)CO)on1. The van der Waals surface area contributed by atoms with E-state index in [2.05, 4.69) is 15.6 Å². The van der Waals surface area contributed by atoms with E-state index in [0.29, 0.717) is 11.5 Å². The fourth-order valence-corrected chi connectivity index (χ4v) is 2.26. The zero-order valence-electron chi connectivity index (χ0n) is 14.8. The van der Waals surface area contributed by atoms with Gasteiger partial charge in [0.1, 0.15) is 18.1 Å². The second-order valence-electron chi connectivity index (χ2n) is 5.82. The maximum atomic E-state index is 11.6. The first-order valence-electron chi connectivity index (χ1n) is 8.26. The van der Waals surface area contributed by atoms with Crippen LogP contribution in [0.1, 0.15) is 18.2 Å². The number of benzene rings is 1. The number of carbonyl (C=O) groups is 1. The number of hydrogen-bond acceptors (Lipinski definition) is 8. The molecule has 0 aliphatic heterocycles. The van der Waals surface area contributed by atoms with Crippen molar-refractivity contribution >= 4 is 6.09 Å². The summed E-state index contributed by atoms with van der Waals surface area (Å²) < 4.78 is 20.7. The first-order valence-corrected chi connectivity index (χ1v) is 8.26. The average Bonchev–Trinajstić information content (AvgIpc) is 3.26. The second kappa shape index (κ2) is 8.37. The Morgan fingerprint density at radius 3 is 2.78 bits per heavy atom. The molecule has 0 bridgehead atoms. The minimum absolute atomic E-state index is 0.127. The van der Waals surface area contributed by atoms with E-state index in [4.69, 9.17) is 23.6 Å². The number of nitrogens with zero attached hydrogens (tertiary/aromatic N) is 2. The van der Waals surface area contributed by atoms with Crippen molar-refractivity contribution in [3.63, 3.8) is 0 Å². The first kappa shape index (κ1) is 18.5. The maximum Gasteiger partial charge on any atom is 0.415 e. The molecule has 9 heteroatoms. The number of ether oxygens (including phenoxy) is 2. The Kier molecular flexibility index (Phi) is 5.72. The molecule has 0 saturated carbocycles. The van der Waals surface area contributed by atoms with Crippen LogP contribution in [0.3, 0.4) is 0 Å². The monoisotopic (exact) mass is 373 g/mol. The summed E-state index contributed by atoms with van der Waals surface area (Å²) in [7, 11) is 0. The highest BCUT2D eigenvalue weighted by Gasteiger charge is 2.17. The van der Waals surface area contributed by atoms with Gasteiger partial charge in [0.2, 0.25) is 0 Å². The number of amides is 1. The number of aliphatic hydroxyl groups excluding tert-OH is 1. The van der Waals surface area contributed by atoms with E-state index in [1.165, 1.54) is 6.07 Å². The van der Waals surface area contributed by atoms with E-state index in [9.17, 15) is 4.79 Å². The van der Waals surface area contributed by atoms with Gasteiger partial charge in [0.25, 0.3) is 5.88 Å². The summed E-state index contributed by atoms with van der Waals surface area (Å²) in [6.45, 7) is 3.37. The van der Waals surface area contributed by atoms with Gasteiger partial charge in [0, 0.05) is 5.56 Å². The molecule has 1 unspecified atom stereocenters. The highest BCUT2D eigenvalue weighted by molar-refractivity contribution is 5.70. The molecule has 142 valence electrons. The van der Waals surface area contributed by atoms with Crippen molar-refractivity contribution < 1.29 is 28.4 Å². The molecule has 0 saturated heterocycles. The zero-order valence-corrected chi connectivity index (χ0v) is 14.8. The van der Waals surface area contributed by atoms with Crippen molar-refractivity contribution in [2.24, 2.45) is 0 Å². The zero-order chi connectivity index (χ0) is 19.2. The highest BCUT2D eigenvalue weighted by atomic mass is 16.7. The van der Waals surface area contributed by atoms with Crippen LogP contribution in [-0.2, 0) is 6.61 Å². The number of aliphatic hydroxyl groups is 1. The predicted molar refractivity (Wildman–Crippen MR) is 93.2 cm³/mol. The lowest BCUT2D eigenvalue weighted by Crippen LogP contribution is -2.36. The van der Waals surface area contributed by atoms with Gasteiger partial charge in [-0.15, -0.1) is 0 Å². The smallest absolute Gasteiger partial charge is 0.415 e. The number of rotatable bonds is 7. The quantitative estimate of drug-likeness (QED) is 0.649. The lowest BCUT2D eigenvalue weighted by molar-refractivity contribution is 0.168. The van der Waals surface area contributed by atoms with Crippen LogP contribution in [0, 0.1) is 6.92 Å². The van der Waals surface area contributed by atoms with Gasteiger partial charge in [-0.1, -0.05) is 35.5 Å². The van der Waals surface area contributed by atoms with Crippen molar-refractivity contribution in [3.8, 4) is 23.1 Å². The van der Waals surface area contributed by atoms with Crippen LogP contribution in [0.4, 0.5) is 4.79 Å². The minimum Gasteiger partial charge on any atom is -0.470 e. The Morgan fingerprint density at radius 2 is 2.04 bits per heavy atom. The molecular formula is C18H19N3O6. The molecule has 0 aliphatic rings. The summed E-state index contributed by atoms with van der Waals surface area (Å²) in [6.07, 6.45) is -0.763. The summed E-state index contributed by atoms with van der Waals surface area (Å²) in [5, 5.41) is 19.1. The number of carbonyl (C=O) groups excluding carboxylic acids is 1. The number of hydrogen-bond donors (Lipinski definition) is 2. The van der Waals surface area contributed by atoms with Gasteiger partial charge in [-0.05, 0) is 19.0 Å². The third-order valence-corrected chi connectivity index (χ3v) is 3.69. The summed E-state index contributed by atoms with van der Waals surface area (Å²) in [5.74, 6) is 0.650. The number of nitrogens with one attached hydrogen (secondary N) is 1. The van der Waals surface area contributed by atoms with Crippen molar-refractivity contribution in [1.82, 2.24) is 15.6 Å². The molecule has 2 heterocycles. The largest absolute Gasteiger partial charge is 0.470 e. The molecule has 2 N–H and O–H groups in total. The van der Waals surface area contributed by atoms with Gasteiger partial charge in [-0.3, -0.25) is 0 Å². The molecule has 1 atom stereocenters. The van der Waals surface area contributed by atoms with Crippen LogP contribution in [-0.4, -0.2) is 34.2 Å². The first-order chi connectivity index (χ1) is 13.1. The standard InChI is InChI=1S/C18H19N3O6/c1-11(9-22)19-18(23)25-16-8-15(20-27-16)24-10-14-12(2)26-21-17(14)13-6-4-3-5-7-13/h3-8,11,22H,9-10H2,1-2H3,(H,19,23). The molecule has 0 aliphatic carbocycles. The molecule has 1 aromatic carbocycles. The van der Waals surface area contributed by atoms with Crippen LogP contribution in [0.15, 0.2) is 45.4 Å². The Morgan fingerprint density at radius 1 is 1.26 bits per heavy atom. The van der Waals surface area contributed by atoms with Crippen LogP contribution in [0.2, 0.25) is 0 Å². The van der Waals surface area contributed by atoms with Gasteiger partial charge in [-0.25, -0.2) is 4.79 Å². The molecule has 0 fully saturated rings. The Bertz CT molecular complexity index is 890. The molecule has 1 amide bonds. The van der Waals surface area contributed by atoms with Crippen LogP contribution in [0.25, 0.3) is 11.3 Å². The molecule has 3 rings (SSSR count). The number of aromatic nitrogens is 2.